The van der Waals surface area contributed by atoms with Crippen LogP contribution in [0.2, 0.25) is 0 Å². The van der Waals surface area contributed by atoms with Gasteiger partial charge < -0.3 is 10.1 Å². The van der Waals surface area contributed by atoms with Crippen molar-refractivity contribution in [1.29, 1.82) is 0 Å². The Bertz CT molecular complexity index is 448. The van der Waals surface area contributed by atoms with Crippen molar-refractivity contribution >= 4 is 11.6 Å². The molecule has 0 atom stereocenters. The first kappa shape index (κ1) is 7.72. The van der Waals surface area contributed by atoms with Crippen molar-refractivity contribution in [2.45, 2.75) is 6.42 Å². The Labute approximate surface area is 74.2 Å². The van der Waals surface area contributed by atoms with Crippen LogP contribution in [0.15, 0.2) is 24.8 Å². The van der Waals surface area contributed by atoms with Gasteiger partial charge in [0.1, 0.15) is 0 Å². The van der Waals surface area contributed by atoms with Crippen LogP contribution < -0.4 is 5.73 Å². The van der Waals surface area contributed by atoms with Crippen LogP contribution in [0, 0.1) is 0 Å². The molecule has 0 saturated carbocycles. The molecule has 2 N–H and O–H groups in total. The Morgan fingerprint density at radius 1 is 1.54 bits per heavy atom. The van der Waals surface area contributed by atoms with Crippen molar-refractivity contribution in [3.63, 3.8) is 0 Å². The van der Waals surface area contributed by atoms with Gasteiger partial charge in [0.25, 0.3) is 0 Å². The van der Waals surface area contributed by atoms with Crippen molar-refractivity contribution in [3.8, 4) is 0 Å². The number of imidazole rings is 1. The molecule has 5 nitrogen and oxygen atoms in total. The molecule has 0 aliphatic carbocycles. The lowest BCUT2D eigenvalue weighted by atomic mass is 10.3. The first-order chi connectivity index (χ1) is 6.27. The summed E-state index contributed by atoms with van der Waals surface area (Å²) in [5.41, 5.74) is 6.58. The Hall–Kier alpha value is -1.91. The van der Waals surface area contributed by atoms with Gasteiger partial charge in [0.15, 0.2) is 5.65 Å². The first-order valence-corrected chi connectivity index (χ1v) is 3.81. The molecule has 13 heavy (non-hydrogen) atoms. The molecule has 0 radical (unpaired) electrons. The van der Waals surface area contributed by atoms with E-state index in [9.17, 15) is 4.79 Å². The van der Waals surface area contributed by atoms with Crippen molar-refractivity contribution < 1.29 is 4.79 Å². The van der Waals surface area contributed by atoms with Crippen molar-refractivity contribution in [3.05, 3.63) is 30.5 Å². The molecular weight excluding hydrogens is 168 g/mol. The average Bonchev–Trinajstić information content (AvgIpc) is 2.48. The lowest BCUT2D eigenvalue weighted by Crippen LogP contribution is -2.14. The highest BCUT2D eigenvalue weighted by Gasteiger charge is 2.04. The van der Waals surface area contributed by atoms with Gasteiger partial charge >= 0.3 is 0 Å². The summed E-state index contributed by atoms with van der Waals surface area (Å²) in [5, 5.41) is 0. The normalized spacial score (nSPS) is 10.5. The van der Waals surface area contributed by atoms with Crippen LogP contribution >= 0.6 is 0 Å². The van der Waals surface area contributed by atoms with E-state index >= 15 is 0 Å². The molecule has 0 aliphatic rings. The highest BCUT2D eigenvalue weighted by atomic mass is 16.1. The van der Waals surface area contributed by atoms with E-state index in [1.54, 1.807) is 29.2 Å². The van der Waals surface area contributed by atoms with Crippen LogP contribution in [0.1, 0.15) is 5.69 Å². The number of carbonyl (C=O) groups excluding carboxylic acids is 1. The molecule has 0 unspecified atom stereocenters. The Kier molecular flexibility index (Phi) is 1.70. The minimum Gasteiger partial charge on any atom is -0.369 e. The zero-order valence-electron chi connectivity index (χ0n) is 6.84. The summed E-state index contributed by atoms with van der Waals surface area (Å²) in [7, 11) is 0. The number of hydrogen-bond acceptors (Lipinski definition) is 3. The summed E-state index contributed by atoms with van der Waals surface area (Å²) in [6, 6.07) is 0. The second-order valence-corrected chi connectivity index (χ2v) is 2.70. The van der Waals surface area contributed by atoms with Gasteiger partial charge in [-0.3, -0.25) is 9.78 Å². The lowest BCUT2D eigenvalue weighted by molar-refractivity contribution is -0.117. The number of carbonyl (C=O) groups is 1. The maximum atomic E-state index is 10.7. The van der Waals surface area contributed by atoms with E-state index in [-0.39, 0.29) is 12.3 Å². The van der Waals surface area contributed by atoms with Crippen LogP contribution in [-0.2, 0) is 11.2 Å². The van der Waals surface area contributed by atoms with Crippen LogP contribution in [0.5, 0.6) is 0 Å². The van der Waals surface area contributed by atoms with E-state index in [4.69, 9.17) is 5.73 Å². The van der Waals surface area contributed by atoms with Gasteiger partial charge in [0, 0.05) is 18.6 Å². The van der Waals surface area contributed by atoms with E-state index in [0.717, 1.165) is 11.3 Å². The van der Waals surface area contributed by atoms with Crippen LogP contribution in [-0.4, -0.2) is 20.3 Å². The highest BCUT2D eigenvalue weighted by molar-refractivity contribution is 5.76. The Balaban J connectivity index is 2.51. The number of nitrogens with zero attached hydrogens (tertiary/aromatic N) is 3. The van der Waals surface area contributed by atoms with E-state index in [2.05, 4.69) is 9.97 Å². The van der Waals surface area contributed by atoms with Crippen LogP contribution in [0.3, 0.4) is 0 Å². The zero-order chi connectivity index (χ0) is 9.26. The van der Waals surface area contributed by atoms with Crippen molar-refractivity contribution in [1.82, 2.24) is 14.4 Å². The largest absolute Gasteiger partial charge is 0.369 e. The maximum Gasteiger partial charge on any atom is 0.223 e. The van der Waals surface area contributed by atoms with E-state index in [1.165, 1.54) is 0 Å². The quantitative estimate of drug-likeness (QED) is 0.686. The van der Waals surface area contributed by atoms with Gasteiger partial charge in [0.05, 0.1) is 18.3 Å². The molecule has 5 heteroatoms. The molecule has 2 rings (SSSR count). The first-order valence-electron chi connectivity index (χ1n) is 3.81. The number of primary amides is 1. The lowest BCUT2D eigenvalue weighted by Gasteiger charge is -1.96. The Morgan fingerprint density at radius 2 is 2.38 bits per heavy atom. The third kappa shape index (κ3) is 1.35. The van der Waals surface area contributed by atoms with Crippen molar-refractivity contribution in [2.24, 2.45) is 5.73 Å². The van der Waals surface area contributed by atoms with Crippen LogP contribution in [0.25, 0.3) is 5.65 Å². The molecule has 0 aliphatic heterocycles. The standard InChI is InChI=1S/C8H8N4O/c9-7(13)3-6-4-11-8-5-10-1-2-12(6)8/h1-2,4-5H,3H2,(H2,9,13). The monoisotopic (exact) mass is 176 g/mol. The van der Waals surface area contributed by atoms with E-state index < -0.39 is 0 Å². The second kappa shape index (κ2) is 2.85. The highest BCUT2D eigenvalue weighted by Crippen LogP contribution is 2.04. The molecule has 2 aromatic heterocycles. The third-order valence-electron chi connectivity index (χ3n) is 1.75. The molecule has 0 bridgehead atoms. The number of nitrogens with two attached hydrogens (primary N) is 1. The van der Waals surface area contributed by atoms with Gasteiger partial charge in [-0.1, -0.05) is 0 Å². The second-order valence-electron chi connectivity index (χ2n) is 2.70. The van der Waals surface area contributed by atoms with Gasteiger partial charge in [-0.25, -0.2) is 4.98 Å². The predicted octanol–water partition coefficient (Wildman–Crippen LogP) is -0.243. The number of hydrogen-bond donors (Lipinski definition) is 1. The molecule has 0 spiro atoms. The minimum absolute atomic E-state index is 0.200. The molecule has 2 aromatic rings. The number of amides is 1. The summed E-state index contributed by atoms with van der Waals surface area (Å²) < 4.78 is 1.79. The van der Waals surface area contributed by atoms with E-state index in [1.807, 2.05) is 0 Å². The molecular formula is C8H8N4O. The SMILES string of the molecule is NC(=O)Cc1cnc2cnccn12. The fraction of sp³-hybridized carbons (Fsp3) is 0.125. The molecule has 0 saturated heterocycles. The van der Waals surface area contributed by atoms with Crippen molar-refractivity contribution in [2.75, 3.05) is 0 Å². The summed E-state index contributed by atoms with van der Waals surface area (Å²) in [6.45, 7) is 0. The van der Waals surface area contributed by atoms with Crippen LogP contribution in [0.4, 0.5) is 0 Å². The molecule has 1 amide bonds. The van der Waals surface area contributed by atoms with Gasteiger partial charge in [0.2, 0.25) is 5.91 Å². The molecule has 66 valence electrons. The summed E-state index contributed by atoms with van der Waals surface area (Å²) in [4.78, 5) is 18.6. The molecule has 2 heterocycles. The topological polar surface area (TPSA) is 73.3 Å². The predicted molar refractivity (Wildman–Crippen MR) is 45.9 cm³/mol. The van der Waals surface area contributed by atoms with Gasteiger partial charge in [-0.05, 0) is 0 Å². The summed E-state index contributed by atoms with van der Waals surface area (Å²) in [6.07, 6.45) is 6.84. The number of aromatic nitrogens is 3. The van der Waals surface area contributed by atoms with E-state index in [0.29, 0.717) is 0 Å². The molecule has 0 aromatic carbocycles. The molecule has 0 fully saturated rings. The minimum atomic E-state index is -0.362. The fourth-order valence-electron chi connectivity index (χ4n) is 1.20. The van der Waals surface area contributed by atoms with Gasteiger partial charge in [-0.15, -0.1) is 0 Å². The number of rotatable bonds is 2. The fourth-order valence-corrected chi connectivity index (χ4v) is 1.20. The summed E-state index contributed by atoms with van der Waals surface area (Å²) >= 11 is 0. The zero-order valence-corrected chi connectivity index (χ0v) is 6.84. The maximum absolute atomic E-state index is 10.7. The number of fused-ring (bicyclic) bond motifs is 1. The van der Waals surface area contributed by atoms with Gasteiger partial charge in [-0.2, -0.15) is 0 Å². The Morgan fingerprint density at radius 3 is 3.15 bits per heavy atom. The summed E-state index contributed by atoms with van der Waals surface area (Å²) in [5.74, 6) is -0.362. The third-order valence-corrected chi connectivity index (χ3v) is 1.75. The smallest absolute Gasteiger partial charge is 0.223 e. The average molecular weight is 176 g/mol.